The van der Waals surface area contributed by atoms with Crippen molar-refractivity contribution in [2.75, 3.05) is 12.0 Å². The van der Waals surface area contributed by atoms with E-state index in [-0.39, 0.29) is 18.1 Å². The maximum atomic E-state index is 13.1. The Bertz CT molecular complexity index is 833. The second kappa shape index (κ2) is 14.5. The zero-order valence-corrected chi connectivity index (χ0v) is 20.9. The standard InChI is InChI=1S/C23H36N4O6S/c1-5-13(2)19(23(32)33)27-22(31)18(12-15-6-8-16(28)9-7-15)26-21(30)17(10-11-34-4)25-20(29)14(3)24/h6-9,13-14,17-19,28H,5,10-12,24H2,1-4H3,(H,25,29)(H,26,30)(H,27,31)(H,32,33). The second-order valence-corrected chi connectivity index (χ2v) is 9.26. The van der Waals surface area contributed by atoms with Gasteiger partial charge in [-0.05, 0) is 49.0 Å². The van der Waals surface area contributed by atoms with Crippen LogP contribution in [-0.2, 0) is 25.6 Å². The average Bonchev–Trinajstić information content (AvgIpc) is 2.79. The second-order valence-electron chi connectivity index (χ2n) is 8.27. The molecule has 0 bridgehead atoms. The van der Waals surface area contributed by atoms with Crippen molar-refractivity contribution in [2.24, 2.45) is 11.7 Å². The van der Waals surface area contributed by atoms with E-state index < -0.39 is 47.9 Å². The quantitative estimate of drug-likeness (QED) is 0.218. The third-order valence-electron chi connectivity index (χ3n) is 5.44. The van der Waals surface area contributed by atoms with Gasteiger partial charge < -0.3 is 31.9 Å². The summed E-state index contributed by atoms with van der Waals surface area (Å²) in [5.41, 5.74) is 6.26. The molecule has 34 heavy (non-hydrogen) atoms. The van der Waals surface area contributed by atoms with Gasteiger partial charge in [-0.1, -0.05) is 32.4 Å². The molecule has 11 heteroatoms. The van der Waals surface area contributed by atoms with Crippen LogP contribution in [0.2, 0.25) is 0 Å². The number of thioether (sulfide) groups is 1. The van der Waals surface area contributed by atoms with Crippen LogP contribution in [0.25, 0.3) is 0 Å². The van der Waals surface area contributed by atoms with Gasteiger partial charge in [-0.15, -0.1) is 0 Å². The number of hydrogen-bond acceptors (Lipinski definition) is 7. The van der Waals surface area contributed by atoms with Crippen LogP contribution in [0, 0.1) is 5.92 Å². The molecular weight excluding hydrogens is 460 g/mol. The van der Waals surface area contributed by atoms with Crippen molar-refractivity contribution in [1.29, 1.82) is 0 Å². The number of benzene rings is 1. The summed E-state index contributed by atoms with van der Waals surface area (Å²) in [6.45, 7) is 5.04. The van der Waals surface area contributed by atoms with Crippen molar-refractivity contribution < 1.29 is 29.4 Å². The minimum absolute atomic E-state index is 0.0484. The number of carboxylic acid groups (broad SMARTS) is 1. The fraction of sp³-hybridized carbons (Fsp3) is 0.565. The van der Waals surface area contributed by atoms with E-state index in [0.717, 1.165) is 0 Å². The molecule has 0 aromatic heterocycles. The molecule has 7 N–H and O–H groups in total. The molecule has 1 aromatic rings. The highest BCUT2D eigenvalue weighted by molar-refractivity contribution is 7.98. The first-order valence-electron chi connectivity index (χ1n) is 11.2. The highest BCUT2D eigenvalue weighted by Crippen LogP contribution is 2.13. The number of amides is 3. The molecule has 0 spiro atoms. The zero-order valence-electron chi connectivity index (χ0n) is 20.0. The first kappa shape index (κ1) is 29.2. The maximum Gasteiger partial charge on any atom is 0.326 e. The Morgan fingerprint density at radius 3 is 2.03 bits per heavy atom. The minimum atomic E-state index is -1.17. The molecule has 0 saturated carbocycles. The lowest BCUT2D eigenvalue weighted by Gasteiger charge is -2.26. The van der Waals surface area contributed by atoms with Crippen LogP contribution in [0.3, 0.4) is 0 Å². The predicted molar refractivity (Wildman–Crippen MR) is 131 cm³/mol. The highest BCUT2D eigenvalue weighted by atomic mass is 32.2. The van der Waals surface area contributed by atoms with E-state index in [1.807, 2.05) is 13.2 Å². The molecule has 0 aliphatic heterocycles. The van der Waals surface area contributed by atoms with E-state index >= 15 is 0 Å². The maximum absolute atomic E-state index is 13.1. The fourth-order valence-corrected chi connectivity index (χ4v) is 3.57. The fourth-order valence-electron chi connectivity index (χ4n) is 3.09. The smallest absolute Gasteiger partial charge is 0.326 e. The number of rotatable bonds is 14. The first-order valence-corrected chi connectivity index (χ1v) is 12.6. The number of aromatic hydroxyl groups is 1. The summed E-state index contributed by atoms with van der Waals surface area (Å²) >= 11 is 1.50. The van der Waals surface area contributed by atoms with E-state index in [1.165, 1.54) is 30.8 Å². The molecule has 3 amide bonds. The topological polar surface area (TPSA) is 171 Å². The number of nitrogens with one attached hydrogen (secondary N) is 3. The summed E-state index contributed by atoms with van der Waals surface area (Å²) < 4.78 is 0. The van der Waals surface area contributed by atoms with Crippen LogP contribution in [-0.4, -0.2) is 70.1 Å². The van der Waals surface area contributed by atoms with Crippen molar-refractivity contribution in [1.82, 2.24) is 16.0 Å². The molecule has 1 rings (SSSR count). The summed E-state index contributed by atoms with van der Waals surface area (Å²) in [6.07, 6.45) is 2.78. The van der Waals surface area contributed by atoms with Gasteiger partial charge in [-0.25, -0.2) is 4.79 Å². The van der Waals surface area contributed by atoms with Gasteiger partial charge in [0.2, 0.25) is 17.7 Å². The Morgan fingerprint density at radius 2 is 1.53 bits per heavy atom. The van der Waals surface area contributed by atoms with E-state index in [9.17, 15) is 29.4 Å². The zero-order chi connectivity index (χ0) is 25.8. The van der Waals surface area contributed by atoms with Gasteiger partial charge in [0.05, 0.1) is 6.04 Å². The van der Waals surface area contributed by atoms with E-state index in [1.54, 1.807) is 19.1 Å². The van der Waals surface area contributed by atoms with Crippen molar-refractivity contribution in [3.05, 3.63) is 29.8 Å². The van der Waals surface area contributed by atoms with Gasteiger partial charge in [-0.2, -0.15) is 11.8 Å². The SMILES string of the molecule is CCC(C)C(NC(=O)C(Cc1ccc(O)cc1)NC(=O)C(CCSC)NC(=O)C(C)N)C(=O)O. The molecule has 190 valence electrons. The van der Waals surface area contributed by atoms with Gasteiger partial charge in [0.15, 0.2) is 0 Å². The van der Waals surface area contributed by atoms with Crippen LogP contribution in [0.1, 0.15) is 39.2 Å². The minimum Gasteiger partial charge on any atom is -0.508 e. The molecule has 0 aliphatic rings. The van der Waals surface area contributed by atoms with Crippen molar-refractivity contribution in [3.8, 4) is 5.75 Å². The lowest BCUT2D eigenvalue weighted by Crippen LogP contribution is -2.58. The van der Waals surface area contributed by atoms with E-state index in [4.69, 9.17) is 5.73 Å². The van der Waals surface area contributed by atoms with Crippen molar-refractivity contribution >= 4 is 35.5 Å². The lowest BCUT2D eigenvalue weighted by atomic mass is 9.98. The normalized spacial score (nSPS) is 15.3. The van der Waals surface area contributed by atoms with Gasteiger partial charge in [0.25, 0.3) is 0 Å². The molecule has 0 fully saturated rings. The summed E-state index contributed by atoms with van der Waals surface area (Å²) in [5, 5.41) is 26.9. The van der Waals surface area contributed by atoms with Gasteiger partial charge >= 0.3 is 5.97 Å². The van der Waals surface area contributed by atoms with Gasteiger partial charge in [-0.3, -0.25) is 14.4 Å². The number of phenolic OH excluding ortho intramolecular Hbond substituents is 1. The Balaban J connectivity index is 3.14. The van der Waals surface area contributed by atoms with Gasteiger partial charge in [0.1, 0.15) is 23.9 Å². The third-order valence-corrected chi connectivity index (χ3v) is 6.09. The number of phenols is 1. The molecule has 1 aromatic carbocycles. The van der Waals surface area contributed by atoms with E-state index in [0.29, 0.717) is 24.2 Å². The van der Waals surface area contributed by atoms with Crippen LogP contribution in [0.4, 0.5) is 0 Å². The summed E-state index contributed by atoms with van der Waals surface area (Å²) in [4.78, 5) is 50.0. The Kier molecular flexibility index (Phi) is 12.4. The van der Waals surface area contributed by atoms with Crippen molar-refractivity contribution in [3.63, 3.8) is 0 Å². The predicted octanol–water partition coefficient (Wildman–Crippen LogP) is 0.620. The molecular formula is C23H36N4O6S. The van der Waals surface area contributed by atoms with Crippen molar-refractivity contribution in [2.45, 2.75) is 64.2 Å². The molecule has 0 saturated heterocycles. The largest absolute Gasteiger partial charge is 0.508 e. The monoisotopic (exact) mass is 496 g/mol. The van der Waals surface area contributed by atoms with Crippen LogP contribution in [0.5, 0.6) is 5.75 Å². The van der Waals surface area contributed by atoms with E-state index in [2.05, 4.69) is 16.0 Å². The number of carbonyl (C=O) groups is 4. The number of carboxylic acids is 1. The molecule has 5 atom stereocenters. The van der Waals surface area contributed by atoms with Crippen LogP contribution < -0.4 is 21.7 Å². The Morgan fingerprint density at radius 1 is 0.971 bits per heavy atom. The molecule has 5 unspecified atom stereocenters. The average molecular weight is 497 g/mol. The molecule has 0 aliphatic carbocycles. The number of hydrogen-bond donors (Lipinski definition) is 6. The number of nitrogens with two attached hydrogens (primary N) is 1. The Labute approximate surface area is 204 Å². The van der Waals surface area contributed by atoms with Gasteiger partial charge in [0, 0.05) is 6.42 Å². The summed E-state index contributed by atoms with van der Waals surface area (Å²) in [5.74, 6) is -2.59. The first-order chi connectivity index (χ1) is 16.0. The van der Waals surface area contributed by atoms with Crippen LogP contribution >= 0.6 is 11.8 Å². The summed E-state index contributed by atoms with van der Waals surface area (Å²) in [7, 11) is 0. The number of aliphatic carboxylic acids is 1. The molecule has 10 nitrogen and oxygen atoms in total. The summed E-state index contributed by atoms with van der Waals surface area (Å²) in [6, 6.07) is 2.17. The van der Waals surface area contributed by atoms with Crippen LogP contribution in [0.15, 0.2) is 24.3 Å². The molecule has 0 heterocycles. The lowest BCUT2D eigenvalue weighted by molar-refractivity contribution is -0.143. The number of carbonyl (C=O) groups excluding carboxylic acids is 3. The molecule has 0 radical (unpaired) electrons. The Hall–Kier alpha value is -2.79. The third kappa shape index (κ3) is 9.60. The highest BCUT2D eigenvalue weighted by Gasteiger charge is 2.31.